The fourth-order valence-electron chi connectivity index (χ4n) is 2.01. The van der Waals surface area contributed by atoms with Crippen molar-refractivity contribution in [3.05, 3.63) is 42.2 Å². The van der Waals surface area contributed by atoms with Crippen molar-refractivity contribution in [2.45, 2.75) is 13.3 Å². The number of benzene rings is 1. The maximum atomic E-state index is 4.11. The summed E-state index contributed by atoms with van der Waals surface area (Å²) in [5.74, 6) is 1.45. The molecule has 1 unspecified atom stereocenters. The van der Waals surface area contributed by atoms with Crippen molar-refractivity contribution in [2.24, 2.45) is 5.92 Å². The van der Waals surface area contributed by atoms with E-state index in [9.17, 15) is 0 Å². The third-order valence-electron chi connectivity index (χ3n) is 2.94. The molecule has 86 valence electrons. The summed E-state index contributed by atoms with van der Waals surface area (Å²) in [6.45, 7) is 2.20. The van der Waals surface area contributed by atoms with Gasteiger partial charge in [-0.3, -0.25) is 5.43 Å². The summed E-state index contributed by atoms with van der Waals surface area (Å²) in [5.41, 5.74) is 7.50. The molecule has 1 aliphatic rings. The fraction of sp³-hybridized carbons (Fsp3) is 0.231. The van der Waals surface area contributed by atoms with Crippen LogP contribution in [0.1, 0.15) is 13.3 Å². The number of nitrogens with one attached hydrogen (secondary N) is 2. The molecule has 1 heterocycles. The molecule has 1 aromatic carbocycles. The van der Waals surface area contributed by atoms with Crippen molar-refractivity contribution in [1.29, 1.82) is 0 Å². The van der Waals surface area contributed by atoms with Crippen LogP contribution in [0, 0.1) is 5.92 Å². The average molecular weight is 226 g/mol. The number of anilines is 1. The number of allylic oxidation sites excluding steroid dienone is 2. The minimum Gasteiger partial charge on any atom is -0.304 e. The minimum absolute atomic E-state index is 0.679. The van der Waals surface area contributed by atoms with Crippen LogP contribution in [0.15, 0.2) is 42.2 Å². The number of aromatic nitrogens is 2. The van der Waals surface area contributed by atoms with Crippen molar-refractivity contribution >= 4 is 16.6 Å². The minimum atomic E-state index is 0.679. The van der Waals surface area contributed by atoms with Crippen molar-refractivity contribution in [3.8, 4) is 0 Å². The van der Waals surface area contributed by atoms with Gasteiger partial charge in [-0.25, -0.2) is 0 Å². The number of rotatable bonds is 3. The highest BCUT2D eigenvalue weighted by atomic mass is 15.4. The zero-order valence-corrected chi connectivity index (χ0v) is 9.64. The highest BCUT2D eigenvalue weighted by Gasteiger charge is 2.13. The molecule has 17 heavy (non-hydrogen) atoms. The second-order valence-electron chi connectivity index (χ2n) is 4.40. The predicted molar refractivity (Wildman–Crippen MR) is 68.2 cm³/mol. The summed E-state index contributed by atoms with van der Waals surface area (Å²) in [5, 5.41) is 10.2. The number of hydrogen-bond donors (Lipinski definition) is 2. The van der Waals surface area contributed by atoms with Gasteiger partial charge in [-0.2, -0.15) is 5.10 Å². The van der Waals surface area contributed by atoms with E-state index in [4.69, 9.17) is 0 Å². The molecule has 0 aliphatic heterocycles. The topological polar surface area (TPSA) is 49.8 Å². The van der Waals surface area contributed by atoms with E-state index in [1.807, 2.05) is 24.3 Å². The van der Waals surface area contributed by atoms with E-state index in [0.717, 1.165) is 23.0 Å². The maximum Gasteiger partial charge on any atom is 0.174 e. The zero-order valence-electron chi connectivity index (χ0n) is 9.64. The standard InChI is InChI=1S/C13H14N4/c1-9-6-11(7-9)15-17-13-12-5-3-2-4-10(12)8-14-16-13/h2-6,8-9,15H,7H2,1H3,(H,16,17). The first-order valence-electron chi connectivity index (χ1n) is 5.76. The van der Waals surface area contributed by atoms with Gasteiger partial charge in [0, 0.05) is 16.5 Å². The van der Waals surface area contributed by atoms with Gasteiger partial charge in [0.15, 0.2) is 5.82 Å². The van der Waals surface area contributed by atoms with E-state index < -0.39 is 0 Å². The molecule has 0 saturated heterocycles. The summed E-state index contributed by atoms with van der Waals surface area (Å²) in [4.78, 5) is 0. The second kappa shape index (κ2) is 4.05. The van der Waals surface area contributed by atoms with Crippen molar-refractivity contribution in [2.75, 3.05) is 5.43 Å². The molecule has 1 aromatic heterocycles. The van der Waals surface area contributed by atoms with Gasteiger partial charge in [-0.15, -0.1) is 5.10 Å². The molecular weight excluding hydrogens is 212 g/mol. The summed E-state index contributed by atoms with van der Waals surface area (Å²) < 4.78 is 0. The van der Waals surface area contributed by atoms with Crippen LogP contribution in [0.5, 0.6) is 0 Å². The van der Waals surface area contributed by atoms with Crippen LogP contribution in [-0.2, 0) is 0 Å². The zero-order chi connectivity index (χ0) is 11.7. The Morgan fingerprint density at radius 3 is 2.88 bits per heavy atom. The summed E-state index contributed by atoms with van der Waals surface area (Å²) in [6.07, 6.45) is 5.06. The Kier molecular flexibility index (Phi) is 2.40. The molecule has 0 spiro atoms. The van der Waals surface area contributed by atoms with Gasteiger partial charge >= 0.3 is 0 Å². The molecule has 1 atom stereocenters. The quantitative estimate of drug-likeness (QED) is 0.789. The smallest absolute Gasteiger partial charge is 0.174 e. The Morgan fingerprint density at radius 2 is 2.06 bits per heavy atom. The van der Waals surface area contributed by atoms with E-state index in [1.54, 1.807) is 6.20 Å². The highest BCUT2D eigenvalue weighted by Crippen LogP contribution is 2.23. The van der Waals surface area contributed by atoms with Crippen LogP contribution in [0.25, 0.3) is 10.8 Å². The number of fused-ring (bicyclic) bond motifs is 1. The Bertz CT molecular complexity index is 571. The Hall–Kier alpha value is -2.10. The normalized spacial score (nSPS) is 18.4. The van der Waals surface area contributed by atoms with Gasteiger partial charge in [0.2, 0.25) is 0 Å². The van der Waals surface area contributed by atoms with Crippen LogP contribution >= 0.6 is 0 Å². The molecule has 0 bridgehead atoms. The lowest BCUT2D eigenvalue weighted by Gasteiger charge is -2.23. The van der Waals surface area contributed by atoms with Gasteiger partial charge < -0.3 is 5.43 Å². The highest BCUT2D eigenvalue weighted by molar-refractivity contribution is 5.90. The van der Waals surface area contributed by atoms with Crippen LogP contribution < -0.4 is 10.9 Å². The summed E-state index contributed by atoms with van der Waals surface area (Å²) in [7, 11) is 0. The average Bonchev–Trinajstić information content (AvgIpc) is 2.33. The van der Waals surface area contributed by atoms with Crippen molar-refractivity contribution < 1.29 is 0 Å². The van der Waals surface area contributed by atoms with Crippen LogP contribution in [0.3, 0.4) is 0 Å². The molecule has 2 N–H and O–H groups in total. The largest absolute Gasteiger partial charge is 0.304 e. The summed E-state index contributed by atoms with van der Waals surface area (Å²) >= 11 is 0. The lowest BCUT2D eigenvalue weighted by molar-refractivity contribution is 0.595. The third-order valence-corrected chi connectivity index (χ3v) is 2.94. The van der Waals surface area contributed by atoms with Gasteiger partial charge in [0.25, 0.3) is 0 Å². The molecule has 0 amide bonds. The number of nitrogens with zero attached hydrogens (tertiary/aromatic N) is 2. The molecule has 1 aliphatic carbocycles. The van der Waals surface area contributed by atoms with Crippen molar-refractivity contribution in [3.63, 3.8) is 0 Å². The summed E-state index contributed by atoms with van der Waals surface area (Å²) in [6, 6.07) is 8.06. The first kappa shape index (κ1) is 10.1. The predicted octanol–water partition coefficient (Wildman–Crippen LogP) is 2.47. The van der Waals surface area contributed by atoms with Gasteiger partial charge in [-0.1, -0.05) is 37.3 Å². The molecule has 4 heteroatoms. The molecule has 2 aromatic rings. The maximum absolute atomic E-state index is 4.11. The lowest BCUT2D eigenvalue weighted by Crippen LogP contribution is -2.27. The van der Waals surface area contributed by atoms with Crippen molar-refractivity contribution in [1.82, 2.24) is 15.6 Å². The molecule has 0 radical (unpaired) electrons. The monoisotopic (exact) mass is 226 g/mol. The fourth-order valence-corrected chi connectivity index (χ4v) is 2.01. The first-order valence-corrected chi connectivity index (χ1v) is 5.76. The van der Waals surface area contributed by atoms with Crippen LogP contribution in [0.2, 0.25) is 0 Å². The Balaban J connectivity index is 1.83. The van der Waals surface area contributed by atoms with Crippen LogP contribution in [-0.4, -0.2) is 10.2 Å². The number of hydrazine groups is 1. The first-order chi connectivity index (χ1) is 8.33. The molecular formula is C13H14N4. The van der Waals surface area contributed by atoms with E-state index in [2.05, 4.69) is 34.0 Å². The Labute approximate surface area is 99.7 Å². The molecule has 4 nitrogen and oxygen atoms in total. The SMILES string of the molecule is CC1C=C(NNc2nncc3ccccc23)C1. The van der Waals surface area contributed by atoms with Gasteiger partial charge in [0.1, 0.15) is 0 Å². The van der Waals surface area contributed by atoms with E-state index in [-0.39, 0.29) is 0 Å². The van der Waals surface area contributed by atoms with Gasteiger partial charge in [0.05, 0.1) is 6.20 Å². The Morgan fingerprint density at radius 1 is 1.24 bits per heavy atom. The molecule has 3 rings (SSSR count). The molecule has 0 fully saturated rings. The second-order valence-corrected chi connectivity index (χ2v) is 4.40. The third kappa shape index (κ3) is 1.93. The van der Waals surface area contributed by atoms with E-state index in [1.165, 1.54) is 5.70 Å². The van der Waals surface area contributed by atoms with E-state index >= 15 is 0 Å². The van der Waals surface area contributed by atoms with Crippen LogP contribution in [0.4, 0.5) is 5.82 Å². The van der Waals surface area contributed by atoms with E-state index in [0.29, 0.717) is 5.92 Å². The number of hydrogen-bond acceptors (Lipinski definition) is 4. The van der Waals surface area contributed by atoms with Gasteiger partial charge in [-0.05, 0) is 12.3 Å². The molecule has 0 saturated carbocycles. The lowest BCUT2D eigenvalue weighted by atomic mass is 9.94.